The molecule has 1 aliphatic heterocycles. The van der Waals surface area contributed by atoms with Crippen molar-refractivity contribution in [2.45, 2.75) is 46.1 Å². The highest BCUT2D eigenvalue weighted by atomic mass is 16.8. The van der Waals surface area contributed by atoms with Crippen LogP contribution in [0.2, 0.25) is 0 Å². The van der Waals surface area contributed by atoms with Crippen molar-refractivity contribution >= 4 is 0 Å². The lowest BCUT2D eigenvalue weighted by atomic mass is 10.2. The summed E-state index contributed by atoms with van der Waals surface area (Å²) in [7, 11) is 0. The Bertz CT molecular complexity index is 250. The Morgan fingerprint density at radius 1 is 1.06 bits per heavy atom. The van der Waals surface area contributed by atoms with E-state index in [1.54, 1.807) is 0 Å². The molecule has 5 heteroatoms. The van der Waals surface area contributed by atoms with E-state index in [0.29, 0.717) is 26.4 Å². The maximum Gasteiger partial charge on any atom is 0.243 e. The van der Waals surface area contributed by atoms with E-state index in [1.165, 1.54) is 0 Å². The van der Waals surface area contributed by atoms with Crippen LogP contribution >= 0.6 is 0 Å². The predicted octanol–water partition coefficient (Wildman–Crippen LogP) is 2.07. The Morgan fingerprint density at radius 2 is 1.72 bits per heavy atom. The average molecular weight is 260 g/mol. The Hall–Kier alpha value is -0.460. The van der Waals surface area contributed by atoms with Gasteiger partial charge in [0.2, 0.25) is 12.1 Å². The third-order valence-corrected chi connectivity index (χ3v) is 2.45. The van der Waals surface area contributed by atoms with E-state index in [1.807, 2.05) is 39.8 Å². The van der Waals surface area contributed by atoms with Crippen LogP contribution in [0.3, 0.4) is 0 Å². The fraction of sp³-hybridized carbons (Fsp3) is 0.846. The monoisotopic (exact) mass is 260 g/mol. The Labute approximate surface area is 109 Å². The van der Waals surface area contributed by atoms with Crippen LogP contribution in [0.15, 0.2) is 12.2 Å². The van der Waals surface area contributed by atoms with Crippen LogP contribution in [-0.4, -0.2) is 44.8 Å². The zero-order chi connectivity index (χ0) is 13.4. The molecule has 0 aliphatic carbocycles. The van der Waals surface area contributed by atoms with Crippen LogP contribution in [0.1, 0.15) is 27.7 Å². The van der Waals surface area contributed by atoms with Gasteiger partial charge >= 0.3 is 0 Å². The summed E-state index contributed by atoms with van der Waals surface area (Å²) in [5.41, 5.74) is 0. The van der Waals surface area contributed by atoms with Crippen LogP contribution in [0, 0.1) is 0 Å². The molecule has 0 unspecified atom stereocenters. The first kappa shape index (κ1) is 15.6. The van der Waals surface area contributed by atoms with E-state index in [2.05, 4.69) is 0 Å². The Balaban J connectivity index is 2.76. The molecule has 0 amide bonds. The molecule has 1 rings (SSSR count). The Morgan fingerprint density at radius 3 is 2.22 bits per heavy atom. The summed E-state index contributed by atoms with van der Waals surface area (Å²) >= 11 is 0. The second kappa shape index (κ2) is 7.86. The van der Waals surface area contributed by atoms with Crippen molar-refractivity contribution in [2.75, 3.05) is 26.4 Å². The first-order valence-electron chi connectivity index (χ1n) is 6.58. The van der Waals surface area contributed by atoms with Crippen molar-refractivity contribution in [2.24, 2.45) is 0 Å². The summed E-state index contributed by atoms with van der Waals surface area (Å²) in [5.74, 6) is -1.01. The van der Waals surface area contributed by atoms with Crippen LogP contribution in [0.25, 0.3) is 0 Å². The zero-order valence-corrected chi connectivity index (χ0v) is 11.7. The molecule has 0 saturated carbocycles. The van der Waals surface area contributed by atoms with Crippen LogP contribution in [-0.2, 0) is 23.7 Å². The van der Waals surface area contributed by atoms with E-state index in [0.717, 1.165) is 0 Å². The minimum Gasteiger partial charge on any atom is -0.349 e. The standard InChI is InChI=1S/C13H24O5/c1-5-14-11-9-10-13(18-11,17-8-4)12(15-6-2)16-7-3/h9-12H,5-8H2,1-4H3/t11-,13-/m1/s1. The van der Waals surface area contributed by atoms with Crippen LogP contribution in [0.4, 0.5) is 0 Å². The number of hydrogen-bond acceptors (Lipinski definition) is 5. The van der Waals surface area contributed by atoms with E-state index < -0.39 is 18.4 Å². The molecule has 1 heterocycles. The van der Waals surface area contributed by atoms with E-state index in [-0.39, 0.29) is 0 Å². The molecule has 1 aliphatic rings. The van der Waals surface area contributed by atoms with Gasteiger partial charge in [-0.25, -0.2) is 0 Å². The smallest absolute Gasteiger partial charge is 0.243 e. The molecule has 0 N–H and O–H groups in total. The summed E-state index contributed by atoms with van der Waals surface area (Å²) in [6.45, 7) is 9.76. The summed E-state index contributed by atoms with van der Waals surface area (Å²) < 4.78 is 28.0. The van der Waals surface area contributed by atoms with Crippen molar-refractivity contribution in [3.05, 3.63) is 12.2 Å². The molecule has 0 spiro atoms. The third kappa shape index (κ3) is 3.76. The molecule has 0 aromatic carbocycles. The number of rotatable bonds is 9. The fourth-order valence-electron chi connectivity index (χ4n) is 1.82. The van der Waals surface area contributed by atoms with Gasteiger partial charge in [0.1, 0.15) is 0 Å². The molecule has 0 bridgehead atoms. The molecule has 0 aromatic rings. The summed E-state index contributed by atoms with van der Waals surface area (Å²) in [6.07, 6.45) is 2.64. The lowest BCUT2D eigenvalue weighted by molar-refractivity contribution is -0.348. The summed E-state index contributed by atoms with van der Waals surface area (Å²) in [4.78, 5) is 0. The van der Waals surface area contributed by atoms with Gasteiger partial charge in [0, 0.05) is 26.4 Å². The molecular weight excluding hydrogens is 236 g/mol. The first-order chi connectivity index (χ1) is 8.72. The quantitative estimate of drug-likeness (QED) is 0.469. The highest BCUT2D eigenvalue weighted by Gasteiger charge is 2.46. The largest absolute Gasteiger partial charge is 0.349 e. The van der Waals surface area contributed by atoms with Gasteiger partial charge in [0.15, 0.2) is 6.29 Å². The van der Waals surface area contributed by atoms with Crippen molar-refractivity contribution < 1.29 is 23.7 Å². The molecule has 106 valence electrons. The molecule has 2 atom stereocenters. The minimum atomic E-state index is -1.01. The predicted molar refractivity (Wildman–Crippen MR) is 67.0 cm³/mol. The Kier molecular flexibility index (Phi) is 6.81. The average Bonchev–Trinajstić information content (AvgIpc) is 2.74. The van der Waals surface area contributed by atoms with Gasteiger partial charge in [-0.15, -0.1) is 0 Å². The van der Waals surface area contributed by atoms with Gasteiger partial charge in [-0.1, -0.05) is 0 Å². The summed E-state index contributed by atoms with van der Waals surface area (Å²) in [6, 6.07) is 0. The number of ether oxygens (including phenoxy) is 5. The topological polar surface area (TPSA) is 46.2 Å². The van der Waals surface area contributed by atoms with E-state index in [9.17, 15) is 0 Å². The highest BCUT2D eigenvalue weighted by molar-refractivity contribution is 5.07. The van der Waals surface area contributed by atoms with Crippen molar-refractivity contribution in [1.82, 2.24) is 0 Å². The van der Waals surface area contributed by atoms with Gasteiger partial charge in [-0.3, -0.25) is 0 Å². The van der Waals surface area contributed by atoms with Gasteiger partial charge in [-0.2, -0.15) is 0 Å². The lowest BCUT2D eigenvalue weighted by Crippen LogP contribution is -2.48. The maximum atomic E-state index is 5.79. The minimum absolute atomic E-state index is 0.412. The third-order valence-electron chi connectivity index (χ3n) is 2.45. The van der Waals surface area contributed by atoms with E-state index in [4.69, 9.17) is 23.7 Å². The fourth-order valence-corrected chi connectivity index (χ4v) is 1.82. The van der Waals surface area contributed by atoms with Crippen LogP contribution < -0.4 is 0 Å². The molecule has 5 nitrogen and oxygen atoms in total. The molecule has 0 fully saturated rings. The molecule has 0 saturated heterocycles. The van der Waals surface area contributed by atoms with Gasteiger partial charge in [-0.05, 0) is 39.8 Å². The maximum absolute atomic E-state index is 5.79. The lowest BCUT2D eigenvalue weighted by Gasteiger charge is -2.34. The van der Waals surface area contributed by atoms with Crippen molar-refractivity contribution in [1.29, 1.82) is 0 Å². The molecule has 0 aromatic heterocycles. The van der Waals surface area contributed by atoms with E-state index >= 15 is 0 Å². The van der Waals surface area contributed by atoms with Gasteiger partial charge < -0.3 is 23.7 Å². The van der Waals surface area contributed by atoms with Gasteiger partial charge in [0.05, 0.1) is 0 Å². The SMILES string of the molecule is CCOC(OCC)[C@@]1(OCC)C=C[C@H](OCC)O1. The first-order valence-corrected chi connectivity index (χ1v) is 6.58. The molecule has 0 radical (unpaired) electrons. The highest BCUT2D eigenvalue weighted by Crippen LogP contribution is 2.31. The van der Waals surface area contributed by atoms with Gasteiger partial charge in [0.25, 0.3) is 0 Å². The second-order valence-electron chi connectivity index (χ2n) is 3.70. The summed E-state index contributed by atoms with van der Waals surface area (Å²) in [5, 5.41) is 0. The molecule has 18 heavy (non-hydrogen) atoms. The van der Waals surface area contributed by atoms with Crippen molar-refractivity contribution in [3.8, 4) is 0 Å². The van der Waals surface area contributed by atoms with Crippen LogP contribution in [0.5, 0.6) is 0 Å². The normalized spacial score (nSPS) is 27.3. The second-order valence-corrected chi connectivity index (χ2v) is 3.70. The van der Waals surface area contributed by atoms with Crippen molar-refractivity contribution in [3.63, 3.8) is 0 Å². The zero-order valence-electron chi connectivity index (χ0n) is 11.7. The number of hydrogen-bond donors (Lipinski definition) is 0. The molecular formula is C13H24O5.